The van der Waals surface area contributed by atoms with Gasteiger partial charge in [0, 0.05) is 50.7 Å². The van der Waals surface area contributed by atoms with E-state index < -0.39 is 15.3 Å². The number of hydrogen-bond donors (Lipinski definition) is 0. The molecule has 152 valence electrons. The summed E-state index contributed by atoms with van der Waals surface area (Å²) in [6, 6.07) is 9.00. The summed E-state index contributed by atoms with van der Waals surface area (Å²) in [7, 11) is -3.49. The predicted molar refractivity (Wildman–Crippen MR) is 105 cm³/mol. The summed E-state index contributed by atoms with van der Waals surface area (Å²) < 4.78 is 27.8. The molecule has 2 saturated heterocycles. The minimum absolute atomic E-state index is 0.111. The Bertz CT molecular complexity index is 830. The smallest absolute Gasteiger partial charge is 0.253 e. The molecule has 2 amide bonds. The van der Waals surface area contributed by atoms with Crippen molar-refractivity contribution in [3.05, 3.63) is 35.9 Å². The molecule has 8 heteroatoms. The number of sulfonamides is 1. The van der Waals surface area contributed by atoms with Crippen LogP contribution in [0.25, 0.3) is 0 Å². The third kappa shape index (κ3) is 3.93. The molecular formula is C20H27N3O4S. The van der Waals surface area contributed by atoms with E-state index in [0.29, 0.717) is 51.1 Å². The van der Waals surface area contributed by atoms with Crippen molar-refractivity contribution in [1.82, 2.24) is 14.1 Å². The van der Waals surface area contributed by atoms with Crippen LogP contribution in [0.4, 0.5) is 0 Å². The van der Waals surface area contributed by atoms with E-state index in [1.54, 1.807) is 21.9 Å². The molecule has 1 aromatic carbocycles. The van der Waals surface area contributed by atoms with Crippen LogP contribution in [0.15, 0.2) is 30.3 Å². The Labute approximate surface area is 166 Å². The average Bonchev–Trinajstić information content (AvgIpc) is 3.59. The molecule has 1 aliphatic carbocycles. The third-order valence-electron chi connectivity index (χ3n) is 5.94. The summed E-state index contributed by atoms with van der Waals surface area (Å²) in [6.07, 6.45) is 3.18. The zero-order chi connectivity index (χ0) is 19.7. The van der Waals surface area contributed by atoms with Gasteiger partial charge in [-0.25, -0.2) is 8.42 Å². The average molecular weight is 406 g/mol. The van der Waals surface area contributed by atoms with Gasteiger partial charge in [-0.2, -0.15) is 4.31 Å². The Morgan fingerprint density at radius 2 is 1.54 bits per heavy atom. The molecule has 3 fully saturated rings. The predicted octanol–water partition coefficient (Wildman–Crippen LogP) is 1.18. The van der Waals surface area contributed by atoms with Crippen molar-refractivity contribution < 1.29 is 18.0 Å². The van der Waals surface area contributed by atoms with Crippen LogP contribution in [0.5, 0.6) is 0 Å². The van der Waals surface area contributed by atoms with E-state index in [-0.39, 0.29) is 24.3 Å². The van der Waals surface area contributed by atoms with Gasteiger partial charge in [-0.15, -0.1) is 0 Å². The highest BCUT2D eigenvalue weighted by atomic mass is 32.2. The van der Waals surface area contributed by atoms with Gasteiger partial charge >= 0.3 is 0 Å². The first-order chi connectivity index (χ1) is 13.5. The number of nitrogens with zero attached hydrogens (tertiary/aromatic N) is 3. The van der Waals surface area contributed by atoms with Crippen LogP contribution < -0.4 is 0 Å². The summed E-state index contributed by atoms with van der Waals surface area (Å²) in [5.74, 6) is 0.230. The molecule has 1 saturated carbocycles. The molecule has 0 N–H and O–H groups in total. The lowest BCUT2D eigenvalue weighted by Gasteiger charge is -2.39. The molecule has 0 aromatic heterocycles. The largest absolute Gasteiger partial charge is 0.340 e. The SMILES string of the molecule is O=C(c1ccccc1)N1CCCC(S(=O)(=O)N2CCN(C(=O)C3CC3)CC2)C1. The van der Waals surface area contributed by atoms with E-state index >= 15 is 0 Å². The quantitative estimate of drug-likeness (QED) is 0.754. The van der Waals surface area contributed by atoms with Gasteiger partial charge in [0.25, 0.3) is 5.91 Å². The van der Waals surface area contributed by atoms with E-state index in [1.165, 1.54) is 4.31 Å². The summed E-state index contributed by atoms with van der Waals surface area (Å²) in [6.45, 7) is 2.45. The van der Waals surface area contributed by atoms with Gasteiger partial charge in [0.05, 0.1) is 5.25 Å². The fourth-order valence-corrected chi connectivity index (χ4v) is 6.02. The van der Waals surface area contributed by atoms with Crippen molar-refractivity contribution in [2.45, 2.75) is 30.9 Å². The molecule has 0 spiro atoms. The molecule has 1 unspecified atom stereocenters. The Balaban J connectivity index is 1.38. The second kappa shape index (κ2) is 7.83. The highest BCUT2D eigenvalue weighted by Crippen LogP contribution is 2.31. The van der Waals surface area contributed by atoms with Gasteiger partial charge in [0.2, 0.25) is 15.9 Å². The highest BCUT2D eigenvalue weighted by molar-refractivity contribution is 7.89. The Kier molecular flexibility index (Phi) is 5.42. The molecule has 1 atom stereocenters. The van der Waals surface area contributed by atoms with Gasteiger partial charge in [0.15, 0.2) is 0 Å². The van der Waals surface area contributed by atoms with E-state index in [4.69, 9.17) is 0 Å². The zero-order valence-electron chi connectivity index (χ0n) is 16.0. The maximum atomic E-state index is 13.2. The monoisotopic (exact) mass is 405 g/mol. The number of amides is 2. The molecule has 3 aliphatic rings. The van der Waals surface area contributed by atoms with Crippen molar-refractivity contribution in [2.24, 2.45) is 5.92 Å². The van der Waals surface area contributed by atoms with Crippen LogP contribution in [-0.4, -0.2) is 78.9 Å². The fraction of sp³-hybridized carbons (Fsp3) is 0.600. The highest BCUT2D eigenvalue weighted by Gasteiger charge is 2.40. The topological polar surface area (TPSA) is 78.0 Å². The maximum Gasteiger partial charge on any atom is 0.253 e. The number of piperidine rings is 1. The van der Waals surface area contributed by atoms with Crippen molar-refractivity contribution >= 4 is 21.8 Å². The number of carbonyl (C=O) groups excluding carboxylic acids is 2. The first kappa shape index (κ1) is 19.4. The number of benzene rings is 1. The lowest BCUT2D eigenvalue weighted by atomic mass is 10.1. The minimum atomic E-state index is -3.49. The minimum Gasteiger partial charge on any atom is -0.340 e. The lowest BCUT2D eigenvalue weighted by molar-refractivity contribution is -0.133. The second-order valence-corrected chi connectivity index (χ2v) is 10.1. The molecule has 2 aliphatic heterocycles. The normalized spacial score (nSPS) is 24.2. The molecule has 1 aromatic rings. The molecule has 2 heterocycles. The summed E-state index contributed by atoms with van der Waals surface area (Å²) in [5.41, 5.74) is 0.591. The number of likely N-dealkylation sites (tertiary alicyclic amines) is 1. The maximum absolute atomic E-state index is 13.2. The second-order valence-electron chi connectivity index (χ2n) is 7.92. The summed E-state index contributed by atoms with van der Waals surface area (Å²) in [5, 5.41) is -0.570. The molecule has 0 bridgehead atoms. The lowest BCUT2D eigenvalue weighted by Crippen LogP contribution is -2.55. The first-order valence-corrected chi connectivity index (χ1v) is 11.6. The van der Waals surface area contributed by atoms with Crippen LogP contribution >= 0.6 is 0 Å². The van der Waals surface area contributed by atoms with Gasteiger partial charge in [-0.05, 0) is 37.8 Å². The van der Waals surface area contributed by atoms with Crippen LogP contribution in [-0.2, 0) is 14.8 Å². The zero-order valence-corrected chi connectivity index (χ0v) is 16.8. The van der Waals surface area contributed by atoms with Crippen molar-refractivity contribution in [2.75, 3.05) is 39.3 Å². The van der Waals surface area contributed by atoms with Crippen molar-refractivity contribution in [3.8, 4) is 0 Å². The Morgan fingerprint density at radius 3 is 2.18 bits per heavy atom. The van der Waals surface area contributed by atoms with E-state index in [9.17, 15) is 18.0 Å². The third-order valence-corrected chi connectivity index (χ3v) is 8.26. The van der Waals surface area contributed by atoms with Crippen LogP contribution in [0.2, 0.25) is 0 Å². The Morgan fingerprint density at radius 1 is 0.857 bits per heavy atom. The molecule has 7 nitrogen and oxygen atoms in total. The standard InChI is InChI=1S/C20H27N3O4S/c24-19(17-8-9-17)21-11-13-23(14-12-21)28(26,27)18-7-4-10-22(15-18)20(25)16-5-2-1-3-6-16/h1-3,5-6,17-18H,4,7-15H2. The molecule has 28 heavy (non-hydrogen) atoms. The number of piperazine rings is 1. The van der Waals surface area contributed by atoms with E-state index in [2.05, 4.69) is 0 Å². The number of carbonyl (C=O) groups is 2. The summed E-state index contributed by atoms with van der Waals surface area (Å²) >= 11 is 0. The van der Waals surface area contributed by atoms with Gasteiger partial charge in [0.1, 0.15) is 0 Å². The summed E-state index contributed by atoms with van der Waals surface area (Å²) in [4.78, 5) is 28.4. The number of rotatable bonds is 4. The molecular weight excluding hydrogens is 378 g/mol. The van der Waals surface area contributed by atoms with Gasteiger partial charge < -0.3 is 9.80 Å². The van der Waals surface area contributed by atoms with Crippen molar-refractivity contribution in [3.63, 3.8) is 0 Å². The van der Waals surface area contributed by atoms with Crippen molar-refractivity contribution in [1.29, 1.82) is 0 Å². The number of hydrogen-bond acceptors (Lipinski definition) is 4. The van der Waals surface area contributed by atoms with E-state index in [1.807, 2.05) is 18.2 Å². The van der Waals surface area contributed by atoms with Gasteiger partial charge in [-0.1, -0.05) is 18.2 Å². The fourth-order valence-electron chi connectivity index (χ4n) is 4.09. The molecule has 4 rings (SSSR count). The van der Waals surface area contributed by atoms with Crippen LogP contribution in [0.3, 0.4) is 0 Å². The molecule has 0 radical (unpaired) electrons. The van der Waals surface area contributed by atoms with Crippen LogP contribution in [0, 0.1) is 5.92 Å². The van der Waals surface area contributed by atoms with Crippen LogP contribution in [0.1, 0.15) is 36.0 Å². The van der Waals surface area contributed by atoms with E-state index in [0.717, 1.165) is 12.8 Å². The van der Waals surface area contributed by atoms with Gasteiger partial charge in [-0.3, -0.25) is 9.59 Å². The Hall–Kier alpha value is -1.93. The first-order valence-electron chi connectivity index (χ1n) is 10.1.